The SMILES string of the molecule is Cc1cccc(CN2CCc3c[c]ccc3C2C(N)=O)c1. The first-order valence-corrected chi connectivity index (χ1v) is 7.23. The van der Waals surface area contributed by atoms with Gasteiger partial charge in [-0.25, -0.2) is 0 Å². The van der Waals surface area contributed by atoms with Gasteiger partial charge in [0.2, 0.25) is 5.91 Å². The lowest BCUT2D eigenvalue weighted by Crippen LogP contribution is -2.42. The molecule has 107 valence electrons. The minimum atomic E-state index is -0.344. The Kier molecular flexibility index (Phi) is 3.76. The highest BCUT2D eigenvalue weighted by atomic mass is 16.1. The Morgan fingerprint density at radius 2 is 2.29 bits per heavy atom. The minimum Gasteiger partial charge on any atom is -0.368 e. The molecule has 0 spiro atoms. The van der Waals surface area contributed by atoms with E-state index in [1.165, 1.54) is 16.7 Å². The molecule has 1 heterocycles. The maximum atomic E-state index is 12.0. The van der Waals surface area contributed by atoms with Crippen molar-refractivity contribution in [1.82, 2.24) is 4.90 Å². The van der Waals surface area contributed by atoms with Gasteiger partial charge in [-0.3, -0.25) is 9.69 Å². The number of nitrogens with two attached hydrogens (primary N) is 1. The highest BCUT2D eigenvalue weighted by molar-refractivity contribution is 5.82. The summed E-state index contributed by atoms with van der Waals surface area (Å²) in [7, 11) is 0. The van der Waals surface area contributed by atoms with Crippen LogP contribution in [0, 0.1) is 13.0 Å². The van der Waals surface area contributed by atoms with E-state index in [4.69, 9.17) is 5.73 Å². The molecule has 3 nitrogen and oxygen atoms in total. The molecule has 1 amide bonds. The molecule has 21 heavy (non-hydrogen) atoms. The van der Waals surface area contributed by atoms with Gasteiger partial charge in [0.25, 0.3) is 0 Å². The fourth-order valence-electron chi connectivity index (χ4n) is 3.10. The number of carbonyl (C=O) groups is 1. The van der Waals surface area contributed by atoms with E-state index >= 15 is 0 Å². The Labute approximate surface area is 125 Å². The number of hydrogen-bond donors (Lipinski definition) is 1. The highest BCUT2D eigenvalue weighted by Crippen LogP contribution is 2.30. The molecule has 0 aliphatic carbocycles. The van der Waals surface area contributed by atoms with Crippen LogP contribution in [0.4, 0.5) is 0 Å². The summed E-state index contributed by atoms with van der Waals surface area (Å²) >= 11 is 0. The molecule has 3 heteroatoms. The van der Waals surface area contributed by atoms with Crippen LogP contribution in [0.25, 0.3) is 0 Å². The molecule has 1 aliphatic heterocycles. The summed E-state index contributed by atoms with van der Waals surface area (Å²) in [4.78, 5) is 14.1. The van der Waals surface area contributed by atoms with Crippen LogP contribution in [0.1, 0.15) is 28.3 Å². The molecule has 0 saturated heterocycles. The monoisotopic (exact) mass is 279 g/mol. The molecule has 0 aromatic heterocycles. The van der Waals surface area contributed by atoms with Gasteiger partial charge in [-0.15, -0.1) is 0 Å². The standard InChI is InChI=1S/C18H19N2O/c1-13-5-4-6-14(11-13)12-20-10-9-15-7-2-3-8-16(15)17(20)18(19)21/h3-8,11,17H,9-10,12H2,1H3,(H2,19,21). The van der Waals surface area contributed by atoms with E-state index in [9.17, 15) is 4.79 Å². The van der Waals surface area contributed by atoms with Gasteiger partial charge in [0.1, 0.15) is 6.04 Å². The first-order chi connectivity index (χ1) is 10.1. The third kappa shape index (κ3) is 2.83. The number of hydrogen-bond acceptors (Lipinski definition) is 2. The smallest absolute Gasteiger partial charge is 0.239 e. The maximum Gasteiger partial charge on any atom is 0.239 e. The van der Waals surface area contributed by atoms with Crippen LogP contribution >= 0.6 is 0 Å². The van der Waals surface area contributed by atoms with Crippen molar-refractivity contribution in [2.45, 2.75) is 25.9 Å². The van der Waals surface area contributed by atoms with Gasteiger partial charge >= 0.3 is 0 Å². The van der Waals surface area contributed by atoms with E-state index in [0.717, 1.165) is 25.1 Å². The molecule has 1 aliphatic rings. The van der Waals surface area contributed by atoms with Crippen LogP contribution in [0.15, 0.2) is 42.5 Å². The molecule has 2 aromatic carbocycles. The average molecular weight is 279 g/mol. The van der Waals surface area contributed by atoms with E-state index in [-0.39, 0.29) is 11.9 Å². The molecule has 1 atom stereocenters. The number of rotatable bonds is 3. The van der Waals surface area contributed by atoms with Crippen LogP contribution in [-0.4, -0.2) is 17.4 Å². The zero-order valence-corrected chi connectivity index (χ0v) is 12.2. The molecule has 3 rings (SSSR count). The largest absolute Gasteiger partial charge is 0.368 e. The van der Waals surface area contributed by atoms with Crippen LogP contribution < -0.4 is 5.73 Å². The molecule has 0 fully saturated rings. The summed E-state index contributed by atoms with van der Waals surface area (Å²) in [5.74, 6) is -0.283. The van der Waals surface area contributed by atoms with Crippen molar-refractivity contribution in [3.05, 3.63) is 70.8 Å². The zero-order chi connectivity index (χ0) is 14.8. The third-order valence-corrected chi connectivity index (χ3v) is 4.05. The van der Waals surface area contributed by atoms with Gasteiger partial charge in [-0.05, 0) is 36.1 Å². The lowest BCUT2D eigenvalue weighted by Gasteiger charge is -2.35. The van der Waals surface area contributed by atoms with E-state index in [1.807, 2.05) is 18.2 Å². The number of benzene rings is 2. The van der Waals surface area contributed by atoms with Crippen molar-refractivity contribution in [2.24, 2.45) is 5.73 Å². The maximum absolute atomic E-state index is 12.0. The summed E-state index contributed by atoms with van der Waals surface area (Å²) in [6.07, 6.45) is 0.933. The molecule has 2 aromatic rings. The lowest BCUT2D eigenvalue weighted by molar-refractivity contribution is -0.124. The second-order valence-corrected chi connectivity index (χ2v) is 5.64. The van der Waals surface area contributed by atoms with Crippen molar-refractivity contribution in [3.8, 4) is 0 Å². The van der Waals surface area contributed by atoms with E-state index in [0.29, 0.717) is 0 Å². The summed E-state index contributed by atoms with van der Waals surface area (Å²) in [5, 5.41) is 0. The number of aryl methyl sites for hydroxylation is 1. The normalized spacial score (nSPS) is 18.2. The summed E-state index contributed by atoms with van der Waals surface area (Å²) in [6.45, 7) is 3.66. The Hall–Kier alpha value is -2.13. The number of carbonyl (C=O) groups excluding carboxylic acids is 1. The summed E-state index contributed by atoms with van der Waals surface area (Å²) < 4.78 is 0. The van der Waals surface area contributed by atoms with Gasteiger partial charge in [0.05, 0.1) is 0 Å². The quantitative estimate of drug-likeness (QED) is 0.937. The molecule has 2 N–H and O–H groups in total. The Morgan fingerprint density at radius 3 is 3.05 bits per heavy atom. The highest BCUT2D eigenvalue weighted by Gasteiger charge is 2.31. The predicted molar refractivity (Wildman–Crippen MR) is 82.5 cm³/mol. The van der Waals surface area contributed by atoms with Crippen LogP contribution in [0.3, 0.4) is 0 Å². The lowest BCUT2D eigenvalue weighted by atomic mass is 9.91. The van der Waals surface area contributed by atoms with Gasteiger partial charge in [0, 0.05) is 13.1 Å². The summed E-state index contributed by atoms with van der Waals surface area (Å²) in [5.41, 5.74) is 10.3. The van der Waals surface area contributed by atoms with Crippen molar-refractivity contribution in [2.75, 3.05) is 6.54 Å². The Morgan fingerprint density at radius 1 is 1.43 bits per heavy atom. The predicted octanol–water partition coefficient (Wildman–Crippen LogP) is 2.38. The number of primary amides is 1. The second kappa shape index (κ2) is 5.70. The number of nitrogens with zero attached hydrogens (tertiary/aromatic N) is 1. The molecular weight excluding hydrogens is 260 g/mol. The fraction of sp³-hybridized carbons (Fsp3) is 0.278. The molecule has 0 saturated carbocycles. The topological polar surface area (TPSA) is 46.3 Å². The fourth-order valence-corrected chi connectivity index (χ4v) is 3.10. The van der Waals surface area contributed by atoms with Gasteiger partial charge < -0.3 is 5.73 Å². The van der Waals surface area contributed by atoms with Crippen LogP contribution in [-0.2, 0) is 17.8 Å². The minimum absolute atomic E-state index is 0.283. The average Bonchev–Trinajstić information content (AvgIpc) is 2.46. The molecule has 0 bridgehead atoms. The van der Waals surface area contributed by atoms with Crippen molar-refractivity contribution in [3.63, 3.8) is 0 Å². The van der Waals surface area contributed by atoms with Gasteiger partial charge in [-0.1, -0.05) is 48.0 Å². The molecular formula is C18H19N2O. The van der Waals surface area contributed by atoms with Gasteiger partial charge in [-0.2, -0.15) is 0 Å². The molecule has 1 radical (unpaired) electrons. The van der Waals surface area contributed by atoms with Crippen molar-refractivity contribution >= 4 is 5.91 Å². The third-order valence-electron chi connectivity index (χ3n) is 4.05. The van der Waals surface area contributed by atoms with E-state index in [1.54, 1.807) is 0 Å². The summed E-state index contributed by atoms with van der Waals surface area (Å²) in [6, 6.07) is 16.9. The number of fused-ring (bicyclic) bond motifs is 1. The van der Waals surface area contributed by atoms with E-state index in [2.05, 4.69) is 42.2 Å². The van der Waals surface area contributed by atoms with E-state index < -0.39 is 0 Å². The Balaban J connectivity index is 1.91. The van der Waals surface area contributed by atoms with Crippen molar-refractivity contribution < 1.29 is 4.79 Å². The molecule has 1 unspecified atom stereocenters. The zero-order valence-electron chi connectivity index (χ0n) is 12.2. The van der Waals surface area contributed by atoms with Crippen LogP contribution in [0.5, 0.6) is 0 Å². The Bertz CT molecular complexity index is 666. The first kappa shape index (κ1) is 13.8. The number of amides is 1. The first-order valence-electron chi connectivity index (χ1n) is 7.23. The van der Waals surface area contributed by atoms with Crippen LogP contribution in [0.2, 0.25) is 0 Å². The second-order valence-electron chi connectivity index (χ2n) is 5.64. The van der Waals surface area contributed by atoms with Gasteiger partial charge in [0.15, 0.2) is 0 Å². The van der Waals surface area contributed by atoms with Crippen molar-refractivity contribution in [1.29, 1.82) is 0 Å².